The van der Waals surface area contributed by atoms with Gasteiger partial charge in [0.05, 0.1) is 25.3 Å². The normalized spacial score (nSPS) is 18.9. The molecular formula is C28H29F3N6O4. The molecule has 216 valence electrons. The molecule has 0 aliphatic carbocycles. The molecule has 13 heteroatoms. The van der Waals surface area contributed by atoms with E-state index in [1.54, 1.807) is 18.5 Å². The number of aromatic nitrogens is 3. The van der Waals surface area contributed by atoms with Crippen molar-refractivity contribution in [3.05, 3.63) is 76.4 Å². The molecule has 4 heterocycles. The van der Waals surface area contributed by atoms with Crippen molar-refractivity contribution >= 4 is 17.7 Å². The van der Waals surface area contributed by atoms with Crippen molar-refractivity contribution in [3.8, 4) is 0 Å². The number of carbonyl (C=O) groups excluding carboxylic acids is 1. The molecule has 0 unspecified atom stereocenters. The number of fused-ring (bicyclic) bond motifs is 1. The first-order chi connectivity index (χ1) is 19.5. The summed E-state index contributed by atoms with van der Waals surface area (Å²) in [5.41, 5.74) is 0.641. The zero-order valence-corrected chi connectivity index (χ0v) is 22.4. The monoisotopic (exact) mass is 570 g/mol. The van der Waals surface area contributed by atoms with Crippen molar-refractivity contribution in [1.82, 2.24) is 24.6 Å². The number of nitrogens with zero attached hydrogens (tertiary/aromatic N) is 6. The molecule has 3 aliphatic heterocycles. The summed E-state index contributed by atoms with van der Waals surface area (Å²) in [6.07, 6.45) is -3.45. The molecule has 1 N–H and O–H groups in total. The molecule has 3 aromatic rings. The minimum Gasteiger partial charge on any atom is -0.465 e. The Bertz CT molecular complexity index is 1490. The number of benzene rings is 2. The second-order valence-corrected chi connectivity index (χ2v) is 11.0. The van der Waals surface area contributed by atoms with Crippen LogP contribution in [-0.2, 0) is 42.9 Å². The lowest BCUT2D eigenvalue weighted by Crippen LogP contribution is -2.49. The van der Waals surface area contributed by atoms with E-state index >= 15 is 0 Å². The second-order valence-electron chi connectivity index (χ2n) is 11.0. The minimum absolute atomic E-state index is 0.0341. The zero-order chi connectivity index (χ0) is 28.9. The Balaban J connectivity index is 1.27. The van der Waals surface area contributed by atoms with E-state index in [-0.39, 0.29) is 42.7 Å². The molecule has 2 fully saturated rings. The van der Waals surface area contributed by atoms with Crippen LogP contribution in [0.15, 0.2) is 42.7 Å². The van der Waals surface area contributed by atoms with Gasteiger partial charge in [0.1, 0.15) is 12.2 Å². The fraction of sp³-hybridized carbons (Fsp3) is 0.429. The first kappa shape index (κ1) is 27.2. The summed E-state index contributed by atoms with van der Waals surface area (Å²) in [4.78, 5) is 29.4. The van der Waals surface area contributed by atoms with Crippen molar-refractivity contribution in [1.29, 1.82) is 0 Å². The standard InChI is InChI=1S/C28H29F3N6O4/c1-34-17-32-33-24(34)12-27(15-41-16-27)19-3-2-4-20(11-19)37-14-22-21(25(37)38)9-18(10-23(22)28(29,30)31)13-35-5-7-36(8-6-35)26(39)40/h2-4,9-11,17H,5-8,12-16H2,1H3,(H,39,40). The van der Waals surface area contributed by atoms with Crippen LogP contribution in [0.1, 0.15) is 38.4 Å². The Morgan fingerprint density at radius 2 is 1.88 bits per heavy atom. The SMILES string of the molecule is Cn1cnnc1CC1(c2cccc(N3Cc4c(cc(CN5CCN(C(=O)O)CC5)cc4C(F)(F)F)C3=O)c2)COC1. The molecule has 0 radical (unpaired) electrons. The summed E-state index contributed by atoms with van der Waals surface area (Å²) in [7, 11) is 1.86. The molecule has 0 bridgehead atoms. The Morgan fingerprint density at radius 3 is 2.49 bits per heavy atom. The topological polar surface area (TPSA) is 104 Å². The smallest absolute Gasteiger partial charge is 0.416 e. The number of carboxylic acid groups (broad SMARTS) is 1. The quantitative estimate of drug-likeness (QED) is 0.485. The van der Waals surface area contributed by atoms with Crippen LogP contribution in [0.3, 0.4) is 0 Å². The maximum absolute atomic E-state index is 14.2. The van der Waals surface area contributed by atoms with Gasteiger partial charge in [-0.1, -0.05) is 12.1 Å². The Labute approximate surface area is 233 Å². The predicted octanol–water partition coefficient (Wildman–Crippen LogP) is 3.30. The molecule has 0 saturated carbocycles. The van der Waals surface area contributed by atoms with E-state index in [0.29, 0.717) is 44.0 Å². The molecule has 1 aromatic heterocycles. The van der Waals surface area contributed by atoms with Gasteiger partial charge in [-0.15, -0.1) is 10.2 Å². The lowest BCUT2D eigenvalue weighted by molar-refractivity contribution is -0.138. The Kier molecular flexibility index (Phi) is 6.73. The van der Waals surface area contributed by atoms with Gasteiger partial charge in [0.25, 0.3) is 5.91 Å². The van der Waals surface area contributed by atoms with Gasteiger partial charge in [-0.25, -0.2) is 4.79 Å². The summed E-state index contributed by atoms with van der Waals surface area (Å²) >= 11 is 0. The lowest BCUT2D eigenvalue weighted by atomic mass is 9.75. The van der Waals surface area contributed by atoms with Crippen molar-refractivity contribution in [2.24, 2.45) is 7.05 Å². The number of hydrogen-bond acceptors (Lipinski definition) is 6. The van der Waals surface area contributed by atoms with E-state index in [0.717, 1.165) is 17.5 Å². The molecule has 2 amide bonds. The maximum Gasteiger partial charge on any atom is 0.416 e. The molecule has 10 nitrogen and oxygen atoms in total. The van der Waals surface area contributed by atoms with Crippen LogP contribution in [0, 0.1) is 0 Å². The van der Waals surface area contributed by atoms with Crippen molar-refractivity contribution in [2.45, 2.75) is 31.1 Å². The number of ether oxygens (including phenoxy) is 1. The zero-order valence-electron chi connectivity index (χ0n) is 22.4. The van der Waals surface area contributed by atoms with E-state index in [1.807, 2.05) is 34.7 Å². The summed E-state index contributed by atoms with van der Waals surface area (Å²) in [6, 6.07) is 10.0. The molecule has 41 heavy (non-hydrogen) atoms. The number of piperazine rings is 1. The molecular weight excluding hydrogens is 541 g/mol. The largest absolute Gasteiger partial charge is 0.465 e. The molecule has 3 aliphatic rings. The lowest BCUT2D eigenvalue weighted by Gasteiger charge is -2.42. The highest BCUT2D eigenvalue weighted by Gasteiger charge is 2.43. The average Bonchev–Trinajstić information content (AvgIpc) is 3.47. The van der Waals surface area contributed by atoms with Crippen molar-refractivity contribution < 1.29 is 32.6 Å². The van der Waals surface area contributed by atoms with Gasteiger partial charge in [0.2, 0.25) is 0 Å². The van der Waals surface area contributed by atoms with E-state index < -0.39 is 23.7 Å². The number of aryl methyl sites for hydroxylation is 1. The number of carbonyl (C=O) groups is 2. The number of alkyl halides is 3. The van der Waals surface area contributed by atoms with Crippen LogP contribution < -0.4 is 4.90 Å². The van der Waals surface area contributed by atoms with Crippen LogP contribution in [0.4, 0.5) is 23.7 Å². The predicted molar refractivity (Wildman–Crippen MR) is 140 cm³/mol. The van der Waals surface area contributed by atoms with Crippen LogP contribution in [0.5, 0.6) is 0 Å². The van der Waals surface area contributed by atoms with Crippen LogP contribution in [-0.4, -0.2) is 81.1 Å². The molecule has 6 rings (SSSR count). The average molecular weight is 571 g/mol. The van der Waals surface area contributed by atoms with Crippen LogP contribution in [0.2, 0.25) is 0 Å². The van der Waals surface area contributed by atoms with E-state index in [4.69, 9.17) is 9.84 Å². The second kappa shape index (κ2) is 10.1. The number of rotatable bonds is 6. The highest BCUT2D eigenvalue weighted by Crippen LogP contribution is 2.41. The minimum atomic E-state index is -4.64. The molecule has 0 atom stereocenters. The molecule has 2 saturated heterocycles. The Hall–Kier alpha value is -3.97. The molecule has 0 spiro atoms. The van der Waals surface area contributed by atoms with E-state index in [2.05, 4.69) is 10.2 Å². The Morgan fingerprint density at radius 1 is 1.12 bits per heavy atom. The van der Waals surface area contributed by atoms with E-state index in [9.17, 15) is 22.8 Å². The summed E-state index contributed by atoms with van der Waals surface area (Å²) in [6.45, 7) is 2.28. The number of halogens is 3. The van der Waals surface area contributed by atoms with Gasteiger partial charge >= 0.3 is 12.3 Å². The van der Waals surface area contributed by atoms with Gasteiger partial charge in [-0.05, 0) is 41.0 Å². The van der Waals surface area contributed by atoms with Crippen molar-refractivity contribution in [3.63, 3.8) is 0 Å². The third-order valence-electron chi connectivity index (χ3n) is 8.28. The van der Waals surface area contributed by atoms with Gasteiger partial charge in [0, 0.05) is 62.9 Å². The van der Waals surface area contributed by atoms with Gasteiger partial charge in [-0.3, -0.25) is 9.69 Å². The summed E-state index contributed by atoms with van der Waals surface area (Å²) in [5.74, 6) is 0.308. The highest BCUT2D eigenvalue weighted by atomic mass is 19.4. The summed E-state index contributed by atoms with van der Waals surface area (Å²) < 4.78 is 50.1. The van der Waals surface area contributed by atoms with Crippen molar-refractivity contribution in [2.75, 3.05) is 44.3 Å². The molecule has 2 aromatic carbocycles. The summed E-state index contributed by atoms with van der Waals surface area (Å²) in [5, 5.41) is 17.3. The third-order valence-corrected chi connectivity index (χ3v) is 8.28. The van der Waals surface area contributed by atoms with E-state index in [1.165, 1.54) is 9.80 Å². The fourth-order valence-electron chi connectivity index (χ4n) is 5.87. The fourth-order valence-corrected chi connectivity index (χ4v) is 5.87. The van der Waals surface area contributed by atoms with Crippen LogP contribution >= 0.6 is 0 Å². The first-order valence-corrected chi connectivity index (χ1v) is 13.3. The van der Waals surface area contributed by atoms with Gasteiger partial charge in [0.15, 0.2) is 0 Å². The first-order valence-electron chi connectivity index (χ1n) is 13.3. The van der Waals surface area contributed by atoms with Gasteiger partial charge < -0.3 is 24.2 Å². The highest BCUT2D eigenvalue weighted by molar-refractivity contribution is 6.10. The third kappa shape index (κ3) is 5.04. The maximum atomic E-state index is 14.2. The number of anilines is 1. The van der Waals surface area contributed by atoms with Gasteiger partial charge in [-0.2, -0.15) is 13.2 Å². The van der Waals surface area contributed by atoms with Crippen LogP contribution in [0.25, 0.3) is 0 Å². The number of hydrogen-bond donors (Lipinski definition) is 1. The number of amides is 2.